The minimum absolute atomic E-state index is 0.0213. The zero-order chi connectivity index (χ0) is 26.3. The molecule has 36 heavy (non-hydrogen) atoms. The van der Waals surface area contributed by atoms with E-state index in [1.54, 1.807) is 35.8 Å². The molecule has 0 saturated heterocycles. The van der Waals surface area contributed by atoms with Gasteiger partial charge in [0, 0.05) is 42.0 Å². The Morgan fingerprint density at radius 2 is 2.11 bits per heavy atom. The Morgan fingerprint density at radius 3 is 2.75 bits per heavy atom. The van der Waals surface area contributed by atoms with Crippen molar-refractivity contribution in [1.82, 2.24) is 20.7 Å². The molecular formula is C23H23ClF3N5O3S. The number of carbonyl (C=O) groups is 1. The van der Waals surface area contributed by atoms with Crippen molar-refractivity contribution in [3.8, 4) is 11.6 Å². The molecule has 2 heterocycles. The van der Waals surface area contributed by atoms with Gasteiger partial charge in [0.1, 0.15) is 10.8 Å². The minimum Gasteiger partial charge on any atom is -0.453 e. The number of hydrogen-bond acceptors (Lipinski definition) is 8. The van der Waals surface area contributed by atoms with Gasteiger partial charge in [-0.05, 0) is 37.6 Å². The number of halogens is 4. The molecule has 0 bridgehead atoms. The van der Waals surface area contributed by atoms with Crippen LogP contribution in [0.3, 0.4) is 0 Å². The topological polar surface area (TPSA) is 97.7 Å². The van der Waals surface area contributed by atoms with Crippen molar-refractivity contribution in [1.29, 1.82) is 0 Å². The van der Waals surface area contributed by atoms with E-state index in [2.05, 4.69) is 30.5 Å². The first-order chi connectivity index (χ1) is 17.1. The summed E-state index contributed by atoms with van der Waals surface area (Å²) < 4.78 is 49.0. The number of thiazole rings is 1. The lowest BCUT2D eigenvalue weighted by atomic mass is 10.0. The van der Waals surface area contributed by atoms with Crippen LogP contribution >= 0.6 is 22.9 Å². The number of hydrogen-bond donors (Lipinski definition) is 2. The van der Waals surface area contributed by atoms with Crippen LogP contribution in [0.15, 0.2) is 40.9 Å². The first kappa shape index (κ1) is 27.2. The van der Waals surface area contributed by atoms with Gasteiger partial charge in [-0.25, -0.2) is 14.8 Å². The molecule has 0 aliphatic heterocycles. The van der Waals surface area contributed by atoms with Crippen molar-refractivity contribution in [2.75, 3.05) is 7.11 Å². The lowest BCUT2D eigenvalue weighted by Crippen LogP contribution is -2.23. The normalized spacial score (nSPS) is 12.4. The fourth-order valence-corrected chi connectivity index (χ4v) is 3.90. The van der Waals surface area contributed by atoms with E-state index < -0.39 is 17.8 Å². The summed E-state index contributed by atoms with van der Waals surface area (Å²) in [6, 6.07) is 5.66. The molecule has 2 N–H and O–H groups in total. The second kappa shape index (κ2) is 12.0. The number of aryl methyl sites for hydroxylation is 1. The van der Waals surface area contributed by atoms with Gasteiger partial charge in [-0.1, -0.05) is 17.7 Å². The molecule has 0 fully saturated rings. The number of amides is 1. The Bertz CT molecular complexity index is 1240. The molecule has 192 valence electrons. The number of methoxy groups -OCH3 is 1. The van der Waals surface area contributed by atoms with Crippen LogP contribution < -0.4 is 15.5 Å². The van der Waals surface area contributed by atoms with Crippen molar-refractivity contribution in [2.45, 2.75) is 39.0 Å². The number of benzene rings is 1. The summed E-state index contributed by atoms with van der Waals surface area (Å²) in [6.07, 6.45) is -2.29. The molecule has 3 rings (SSSR count). The average Bonchev–Trinajstić information content (AvgIpc) is 3.26. The Labute approximate surface area is 214 Å². The fourth-order valence-electron chi connectivity index (χ4n) is 2.96. The standard InChI is InChI=1S/C23H23ClF3N5O3S/c1-13-12-36-20(31-13)6-7-30-32-14(2)15-4-5-19(16(8-15)10-29-22(33)34-3)35-21-18(24)9-17(11-28-21)23(25,26)27/h4-5,7-9,11-12,14,32H,6,10H2,1-3H3,(H,29,33). The molecular weight excluding hydrogens is 519 g/mol. The van der Waals surface area contributed by atoms with Crippen molar-refractivity contribution in [2.24, 2.45) is 5.10 Å². The maximum atomic E-state index is 12.9. The van der Waals surface area contributed by atoms with Crippen LogP contribution in [0.2, 0.25) is 5.02 Å². The van der Waals surface area contributed by atoms with Gasteiger partial charge in [0.25, 0.3) is 0 Å². The average molecular weight is 542 g/mol. The molecule has 1 atom stereocenters. The third kappa shape index (κ3) is 7.56. The monoisotopic (exact) mass is 541 g/mol. The zero-order valence-corrected chi connectivity index (χ0v) is 21.1. The quantitative estimate of drug-likeness (QED) is 0.253. The SMILES string of the molecule is COC(=O)NCc1cc(C(C)NN=CCc2nc(C)cs2)ccc1Oc1ncc(C(F)(F)F)cc1Cl. The number of nitrogens with zero attached hydrogens (tertiary/aromatic N) is 3. The van der Waals surface area contributed by atoms with Gasteiger partial charge in [0.2, 0.25) is 5.88 Å². The van der Waals surface area contributed by atoms with Crippen LogP contribution in [0.1, 0.15) is 40.4 Å². The number of ether oxygens (including phenoxy) is 2. The zero-order valence-electron chi connectivity index (χ0n) is 19.5. The van der Waals surface area contributed by atoms with E-state index in [-0.39, 0.29) is 29.2 Å². The summed E-state index contributed by atoms with van der Waals surface area (Å²) in [4.78, 5) is 19.7. The maximum Gasteiger partial charge on any atom is 0.417 e. The Balaban J connectivity index is 1.76. The van der Waals surface area contributed by atoms with E-state index in [9.17, 15) is 18.0 Å². The van der Waals surface area contributed by atoms with Crippen molar-refractivity contribution >= 4 is 35.2 Å². The third-order valence-corrected chi connectivity index (χ3v) is 6.09. The van der Waals surface area contributed by atoms with Crippen molar-refractivity contribution in [3.05, 3.63) is 68.3 Å². The second-order valence-corrected chi connectivity index (χ2v) is 8.92. The largest absolute Gasteiger partial charge is 0.453 e. The van der Waals surface area contributed by atoms with Gasteiger partial charge in [0.05, 0.1) is 23.7 Å². The van der Waals surface area contributed by atoms with Crippen molar-refractivity contribution < 1.29 is 27.4 Å². The van der Waals surface area contributed by atoms with E-state index in [0.717, 1.165) is 22.3 Å². The van der Waals surface area contributed by atoms with Crippen LogP contribution in [-0.2, 0) is 23.9 Å². The maximum absolute atomic E-state index is 12.9. The van der Waals surface area contributed by atoms with E-state index >= 15 is 0 Å². The summed E-state index contributed by atoms with van der Waals surface area (Å²) in [7, 11) is 1.23. The lowest BCUT2D eigenvalue weighted by Gasteiger charge is -2.17. The van der Waals surface area contributed by atoms with Crippen molar-refractivity contribution in [3.63, 3.8) is 0 Å². The van der Waals surface area contributed by atoms with Gasteiger partial charge < -0.3 is 20.2 Å². The smallest absolute Gasteiger partial charge is 0.417 e. The highest BCUT2D eigenvalue weighted by Crippen LogP contribution is 2.36. The molecule has 8 nitrogen and oxygen atoms in total. The number of pyridine rings is 1. The number of rotatable bonds is 9. The Morgan fingerprint density at radius 1 is 1.33 bits per heavy atom. The van der Waals surface area contributed by atoms with Gasteiger partial charge in [0.15, 0.2) is 0 Å². The van der Waals surface area contributed by atoms with Crippen LogP contribution in [0, 0.1) is 6.92 Å². The summed E-state index contributed by atoms with van der Waals surface area (Å²) in [5.41, 5.74) is 4.34. The number of alkyl halides is 3. The molecule has 1 amide bonds. The van der Waals surface area contributed by atoms with Gasteiger partial charge in [-0.15, -0.1) is 11.3 Å². The van der Waals surface area contributed by atoms with E-state index in [4.69, 9.17) is 16.3 Å². The molecule has 0 radical (unpaired) electrons. The van der Waals surface area contributed by atoms with Crippen LogP contribution in [0.4, 0.5) is 18.0 Å². The molecule has 3 aromatic rings. The predicted molar refractivity (Wildman–Crippen MR) is 131 cm³/mol. The number of aromatic nitrogens is 2. The second-order valence-electron chi connectivity index (χ2n) is 7.57. The Hall–Kier alpha value is -3.38. The number of alkyl carbamates (subject to hydrolysis) is 1. The van der Waals surface area contributed by atoms with Gasteiger partial charge in [-0.3, -0.25) is 0 Å². The predicted octanol–water partition coefficient (Wildman–Crippen LogP) is 6.05. The molecule has 1 aromatic carbocycles. The van der Waals surface area contributed by atoms with E-state index in [1.165, 1.54) is 7.11 Å². The highest BCUT2D eigenvalue weighted by Gasteiger charge is 2.32. The highest BCUT2D eigenvalue weighted by atomic mass is 35.5. The third-order valence-electron chi connectivity index (χ3n) is 4.83. The van der Waals surface area contributed by atoms with E-state index in [1.807, 2.05) is 19.2 Å². The van der Waals surface area contributed by atoms with Crippen LogP contribution in [0.5, 0.6) is 11.6 Å². The van der Waals surface area contributed by atoms with Gasteiger partial charge in [-0.2, -0.15) is 18.3 Å². The van der Waals surface area contributed by atoms with Crippen LogP contribution in [0.25, 0.3) is 0 Å². The first-order valence-electron chi connectivity index (χ1n) is 10.6. The molecule has 13 heteroatoms. The van der Waals surface area contributed by atoms with E-state index in [0.29, 0.717) is 18.2 Å². The summed E-state index contributed by atoms with van der Waals surface area (Å²) in [5, 5.41) is 9.43. The Kier molecular flexibility index (Phi) is 9.10. The number of carbonyl (C=O) groups excluding carboxylic acids is 1. The molecule has 1 unspecified atom stereocenters. The summed E-state index contributed by atoms with van der Waals surface area (Å²) in [5.74, 6) is 0.0454. The number of nitrogens with one attached hydrogen (secondary N) is 2. The number of hydrazone groups is 1. The van der Waals surface area contributed by atoms with Gasteiger partial charge >= 0.3 is 12.3 Å². The molecule has 0 aliphatic rings. The molecule has 2 aromatic heterocycles. The first-order valence-corrected chi connectivity index (χ1v) is 11.9. The minimum atomic E-state index is -4.59. The summed E-state index contributed by atoms with van der Waals surface area (Å²) in [6.45, 7) is 3.85. The van der Waals surface area contributed by atoms with Crippen LogP contribution in [-0.4, -0.2) is 29.4 Å². The highest BCUT2D eigenvalue weighted by molar-refractivity contribution is 7.09. The molecule has 0 saturated carbocycles. The summed E-state index contributed by atoms with van der Waals surface area (Å²) >= 11 is 7.54. The lowest BCUT2D eigenvalue weighted by molar-refractivity contribution is -0.137. The fraction of sp³-hybridized carbons (Fsp3) is 0.304. The molecule has 0 spiro atoms. The molecule has 0 aliphatic carbocycles.